The van der Waals surface area contributed by atoms with Crippen LogP contribution in [0.4, 0.5) is 4.39 Å². The number of benzene rings is 1. The van der Waals surface area contributed by atoms with Gasteiger partial charge in [-0.1, -0.05) is 19.0 Å². The summed E-state index contributed by atoms with van der Waals surface area (Å²) in [5, 5.41) is 11.4. The quantitative estimate of drug-likeness (QED) is 0.294. The molecule has 0 bridgehead atoms. The molecule has 0 unspecified atom stereocenters. The monoisotopic (exact) mass is 320 g/mol. The predicted octanol–water partition coefficient (Wildman–Crippen LogP) is 3.43. The van der Waals surface area contributed by atoms with E-state index in [9.17, 15) is 4.39 Å². The molecule has 1 rings (SSSR count). The van der Waals surface area contributed by atoms with Gasteiger partial charge in [-0.3, -0.25) is 0 Å². The molecule has 6 heteroatoms. The van der Waals surface area contributed by atoms with Gasteiger partial charge in [-0.15, -0.1) is 11.8 Å². The van der Waals surface area contributed by atoms with Crippen LogP contribution in [0.2, 0.25) is 0 Å². The van der Waals surface area contributed by atoms with Crippen LogP contribution in [0.15, 0.2) is 26.7 Å². The maximum Gasteiger partial charge on any atom is 0.171 e. The standard InChI is InChI=1S/C11H14BrFN2OS/c1-6(2)5-17-8-4-3-7(11(14)15-16)9(12)10(8)13/h3-4,6,16H,5H2,1-2H3,(H2,14,15). The summed E-state index contributed by atoms with van der Waals surface area (Å²) in [7, 11) is 0. The fraction of sp³-hybridized carbons (Fsp3) is 0.364. The Morgan fingerprint density at radius 2 is 2.24 bits per heavy atom. The van der Waals surface area contributed by atoms with Crippen LogP contribution in [0.25, 0.3) is 0 Å². The van der Waals surface area contributed by atoms with E-state index in [1.165, 1.54) is 11.8 Å². The lowest BCUT2D eigenvalue weighted by Gasteiger charge is -2.09. The van der Waals surface area contributed by atoms with Crippen LogP contribution >= 0.6 is 27.7 Å². The highest BCUT2D eigenvalue weighted by Gasteiger charge is 2.14. The molecule has 1 aromatic carbocycles. The van der Waals surface area contributed by atoms with E-state index in [-0.39, 0.29) is 16.1 Å². The van der Waals surface area contributed by atoms with Crippen LogP contribution in [0.5, 0.6) is 0 Å². The van der Waals surface area contributed by atoms with E-state index >= 15 is 0 Å². The third kappa shape index (κ3) is 3.61. The predicted molar refractivity (Wildman–Crippen MR) is 72.2 cm³/mol. The molecule has 0 heterocycles. The van der Waals surface area contributed by atoms with Gasteiger partial charge in [0.1, 0.15) is 0 Å². The van der Waals surface area contributed by atoms with Crippen LogP contribution in [0.1, 0.15) is 19.4 Å². The average molecular weight is 321 g/mol. The molecule has 0 aliphatic rings. The summed E-state index contributed by atoms with van der Waals surface area (Å²) in [4.78, 5) is 0.556. The Hall–Kier alpha value is -0.750. The molecule has 94 valence electrons. The van der Waals surface area contributed by atoms with Gasteiger partial charge >= 0.3 is 0 Å². The van der Waals surface area contributed by atoms with Gasteiger partial charge in [-0.05, 0) is 34.0 Å². The molecule has 3 N–H and O–H groups in total. The van der Waals surface area contributed by atoms with Crippen LogP contribution in [0.3, 0.4) is 0 Å². The van der Waals surface area contributed by atoms with Gasteiger partial charge in [-0.25, -0.2) is 4.39 Å². The summed E-state index contributed by atoms with van der Waals surface area (Å²) >= 11 is 4.57. The Kier molecular flexibility index (Phi) is 5.27. The van der Waals surface area contributed by atoms with E-state index in [4.69, 9.17) is 10.9 Å². The smallest absolute Gasteiger partial charge is 0.171 e. The van der Waals surface area contributed by atoms with Gasteiger partial charge in [-0.2, -0.15) is 0 Å². The Labute approximate surface area is 112 Å². The Balaban J connectivity index is 3.02. The van der Waals surface area contributed by atoms with Gasteiger partial charge in [0.2, 0.25) is 0 Å². The zero-order valence-corrected chi connectivity index (χ0v) is 12.0. The van der Waals surface area contributed by atoms with Gasteiger partial charge in [0.15, 0.2) is 11.7 Å². The highest BCUT2D eigenvalue weighted by molar-refractivity contribution is 9.10. The third-order valence-electron chi connectivity index (χ3n) is 2.00. The van der Waals surface area contributed by atoms with Crippen LogP contribution in [-0.2, 0) is 0 Å². The number of oxime groups is 1. The van der Waals surface area contributed by atoms with E-state index < -0.39 is 0 Å². The number of halogens is 2. The maximum absolute atomic E-state index is 13.9. The second-order valence-corrected chi connectivity index (χ2v) is 5.78. The lowest BCUT2D eigenvalue weighted by molar-refractivity contribution is 0.318. The fourth-order valence-electron chi connectivity index (χ4n) is 1.15. The Bertz CT molecular complexity index is 438. The van der Waals surface area contributed by atoms with Crippen molar-refractivity contribution in [2.24, 2.45) is 16.8 Å². The molecular formula is C11H14BrFN2OS. The summed E-state index contributed by atoms with van der Waals surface area (Å²) in [5.41, 5.74) is 5.78. The van der Waals surface area contributed by atoms with E-state index in [1.807, 2.05) is 0 Å². The molecule has 0 spiro atoms. The summed E-state index contributed by atoms with van der Waals surface area (Å²) < 4.78 is 14.2. The minimum absolute atomic E-state index is 0.115. The van der Waals surface area contributed by atoms with Gasteiger partial charge in [0, 0.05) is 16.2 Å². The van der Waals surface area contributed by atoms with Gasteiger partial charge < -0.3 is 10.9 Å². The third-order valence-corrected chi connectivity index (χ3v) is 4.24. The van der Waals surface area contributed by atoms with Crippen molar-refractivity contribution in [3.8, 4) is 0 Å². The van der Waals surface area contributed by atoms with E-state index in [0.29, 0.717) is 16.4 Å². The van der Waals surface area contributed by atoms with Crippen molar-refractivity contribution in [2.45, 2.75) is 18.7 Å². The molecule has 3 nitrogen and oxygen atoms in total. The molecule has 0 radical (unpaired) electrons. The van der Waals surface area contributed by atoms with Crippen molar-refractivity contribution in [1.82, 2.24) is 0 Å². The average Bonchev–Trinajstić information content (AvgIpc) is 2.30. The normalized spacial score (nSPS) is 12.2. The molecule has 0 aliphatic heterocycles. The van der Waals surface area contributed by atoms with Crippen molar-refractivity contribution in [1.29, 1.82) is 0 Å². The number of nitrogens with zero attached hydrogens (tertiary/aromatic N) is 1. The fourth-order valence-corrected chi connectivity index (χ4v) is 2.74. The van der Waals surface area contributed by atoms with Crippen molar-refractivity contribution < 1.29 is 9.60 Å². The lowest BCUT2D eigenvalue weighted by atomic mass is 10.2. The molecule has 1 aromatic rings. The SMILES string of the molecule is CC(C)CSc1ccc(/C(N)=N/O)c(Br)c1F. The lowest BCUT2D eigenvalue weighted by Crippen LogP contribution is -2.14. The number of thioether (sulfide) groups is 1. The topological polar surface area (TPSA) is 58.6 Å². The van der Waals surface area contributed by atoms with Gasteiger partial charge in [0.05, 0.1) is 4.47 Å². The summed E-state index contributed by atoms with van der Waals surface area (Å²) in [6, 6.07) is 3.27. The highest BCUT2D eigenvalue weighted by atomic mass is 79.9. The maximum atomic E-state index is 13.9. The first-order valence-corrected chi connectivity index (χ1v) is 6.84. The van der Waals surface area contributed by atoms with E-state index in [1.54, 1.807) is 12.1 Å². The summed E-state index contributed by atoms with van der Waals surface area (Å²) in [5.74, 6) is 0.838. The first-order chi connectivity index (χ1) is 7.97. The van der Waals surface area contributed by atoms with Crippen LogP contribution < -0.4 is 5.73 Å². The minimum atomic E-state index is -0.375. The summed E-state index contributed by atoms with van der Waals surface area (Å²) in [6.45, 7) is 4.15. The van der Waals surface area contributed by atoms with Gasteiger partial charge in [0.25, 0.3) is 0 Å². The molecule has 0 aliphatic carbocycles. The van der Waals surface area contributed by atoms with Crippen LogP contribution in [0, 0.1) is 11.7 Å². The van der Waals surface area contributed by atoms with Crippen molar-refractivity contribution >= 4 is 33.5 Å². The molecule has 0 amide bonds. The van der Waals surface area contributed by atoms with Crippen molar-refractivity contribution in [2.75, 3.05) is 5.75 Å². The molecular weight excluding hydrogens is 307 g/mol. The van der Waals surface area contributed by atoms with Crippen LogP contribution in [-0.4, -0.2) is 16.8 Å². The molecule has 0 fully saturated rings. The number of rotatable bonds is 4. The number of amidine groups is 1. The second kappa shape index (κ2) is 6.26. The number of hydrogen-bond acceptors (Lipinski definition) is 3. The minimum Gasteiger partial charge on any atom is -0.409 e. The van der Waals surface area contributed by atoms with Crippen molar-refractivity contribution in [3.63, 3.8) is 0 Å². The van der Waals surface area contributed by atoms with Crippen molar-refractivity contribution in [3.05, 3.63) is 28.0 Å². The second-order valence-electron chi connectivity index (χ2n) is 3.93. The molecule has 17 heavy (non-hydrogen) atoms. The number of hydrogen-bond donors (Lipinski definition) is 2. The Morgan fingerprint density at radius 1 is 1.59 bits per heavy atom. The van der Waals surface area contributed by atoms with E-state index in [0.717, 1.165) is 5.75 Å². The Morgan fingerprint density at radius 3 is 2.76 bits per heavy atom. The first-order valence-electron chi connectivity index (χ1n) is 5.06. The zero-order chi connectivity index (χ0) is 13.0. The molecule has 0 saturated heterocycles. The molecule has 0 saturated carbocycles. The molecule has 0 atom stereocenters. The zero-order valence-electron chi connectivity index (χ0n) is 9.58. The highest BCUT2D eigenvalue weighted by Crippen LogP contribution is 2.31. The first kappa shape index (κ1) is 14.3. The molecule has 0 aromatic heterocycles. The number of nitrogens with two attached hydrogens (primary N) is 1. The summed E-state index contributed by atoms with van der Waals surface area (Å²) in [6.07, 6.45) is 0. The largest absolute Gasteiger partial charge is 0.409 e. The van der Waals surface area contributed by atoms with E-state index in [2.05, 4.69) is 34.9 Å².